The summed E-state index contributed by atoms with van der Waals surface area (Å²) in [6.45, 7) is 8.64. The van der Waals surface area contributed by atoms with Crippen LogP contribution in [-0.2, 0) is 15.7 Å². The molecule has 0 aliphatic carbocycles. The molecule has 0 radical (unpaired) electrons. The molecule has 1 saturated heterocycles. The van der Waals surface area contributed by atoms with Crippen LogP contribution >= 0.6 is 0 Å². The van der Waals surface area contributed by atoms with E-state index in [2.05, 4.69) is 41.5 Å². The Hall–Kier alpha value is -1.19. The summed E-state index contributed by atoms with van der Waals surface area (Å²) in [5.74, 6) is 0.897. The topological polar surface area (TPSA) is 82.1 Å². The van der Waals surface area contributed by atoms with Crippen LogP contribution in [0.5, 0.6) is 5.75 Å². The van der Waals surface area contributed by atoms with E-state index in [0.29, 0.717) is 6.61 Å². The Kier molecular flexibility index (Phi) is 5.09. The maximum atomic E-state index is 11.2. The zero-order chi connectivity index (χ0) is 18.2. The monoisotopic (exact) mass is 369 g/mol. The van der Waals surface area contributed by atoms with Gasteiger partial charge >= 0.3 is 10.3 Å². The van der Waals surface area contributed by atoms with Gasteiger partial charge in [0.05, 0.1) is 6.61 Å². The van der Waals surface area contributed by atoms with E-state index in [1.807, 2.05) is 12.1 Å². The molecule has 1 atom stereocenters. The van der Waals surface area contributed by atoms with Gasteiger partial charge in [0.25, 0.3) is 0 Å². The van der Waals surface area contributed by atoms with E-state index in [0.717, 1.165) is 43.1 Å². The molecule has 7 nitrogen and oxygen atoms in total. The molecule has 3 rings (SSSR count). The van der Waals surface area contributed by atoms with E-state index in [1.54, 1.807) is 0 Å². The Bertz CT molecular complexity index is 727. The molecule has 1 aromatic carbocycles. The lowest BCUT2D eigenvalue weighted by Crippen LogP contribution is -2.48. The highest BCUT2D eigenvalue weighted by atomic mass is 32.2. The summed E-state index contributed by atoms with van der Waals surface area (Å²) >= 11 is 0. The minimum Gasteiger partial charge on any atom is -0.492 e. The van der Waals surface area contributed by atoms with E-state index in [9.17, 15) is 8.42 Å². The normalized spacial score (nSPS) is 22.4. The Morgan fingerprint density at radius 1 is 1.28 bits per heavy atom. The van der Waals surface area contributed by atoms with Gasteiger partial charge in [-0.2, -0.15) is 13.1 Å². The van der Waals surface area contributed by atoms with Crippen molar-refractivity contribution in [3.63, 3.8) is 0 Å². The van der Waals surface area contributed by atoms with Crippen LogP contribution in [0, 0.1) is 0 Å². The molecule has 0 aromatic heterocycles. The van der Waals surface area contributed by atoms with Gasteiger partial charge in [0, 0.05) is 49.7 Å². The molecule has 1 aromatic rings. The lowest BCUT2D eigenvalue weighted by Gasteiger charge is -2.38. The second-order valence-corrected chi connectivity index (χ2v) is 8.85. The van der Waals surface area contributed by atoms with E-state index in [4.69, 9.17) is 9.29 Å². The predicted molar refractivity (Wildman–Crippen MR) is 96.3 cm³/mol. The van der Waals surface area contributed by atoms with Crippen molar-refractivity contribution in [3.05, 3.63) is 29.3 Å². The lowest BCUT2D eigenvalue weighted by atomic mass is 9.85. The lowest BCUT2D eigenvalue weighted by molar-refractivity contribution is 0.112. The quantitative estimate of drug-likeness (QED) is 0.755. The Morgan fingerprint density at radius 2 is 1.96 bits per heavy atom. The molecule has 0 amide bonds. The molecule has 2 aliphatic heterocycles. The summed E-state index contributed by atoms with van der Waals surface area (Å²) in [4.78, 5) is 4.52. The van der Waals surface area contributed by atoms with Crippen molar-refractivity contribution in [2.24, 2.45) is 0 Å². The number of hydrogen-bond donors (Lipinski definition) is 2. The number of nitrogens with one attached hydrogen (secondary N) is 1. The number of hydrogen-bond acceptors (Lipinski definition) is 5. The van der Waals surface area contributed by atoms with Crippen molar-refractivity contribution in [3.8, 4) is 5.75 Å². The van der Waals surface area contributed by atoms with Crippen molar-refractivity contribution in [1.82, 2.24) is 14.5 Å². The van der Waals surface area contributed by atoms with Gasteiger partial charge < -0.3 is 9.64 Å². The first-order valence-corrected chi connectivity index (χ1v) is 10.0. The fourth-order valence-corrected chi connectivity index (χ4v) is 3.89. The SMILES string of the molecule is CN1CCN(C(CNS(=O)(=O)O)c2ccc3c(c2)C(C)(C)CO3)CC1. The summed E-state index contributed by atoms with van der Waals surface area (Å²) < 4.78 is 39.5. The summed E-state index contributed by atoms with van der Waals surface area (Å²) in [6, 6.07) is 5.96. The third kappa shape index (κ3) is 4.32. The van der Waals surface area contributed by atoms with Crippen molar-refractivity contribution >= 4 is 10.3 Å². The zero-order valence-electron chi connectivity index (χ0n) is 15.0. The molecule has 1 fully saturated rings. The molecule has 1 unspecified atom stereocenters. The highest BCUT2D eigenvalue weighted by Gasteiger charge is 2.33. The minimum absolute atomic E-state index is 0.0610. The van der Waals surface area contributed by atoms with Gasteiger partial charge in [-0.15, -0.1) is 0 Å². The molecule has 2 aliphatic rings. The standard InChI is InChI=1S/C17H27N3O4S/c1-17(2)12-24-16-5-4-13(10-14(16)17)15(11-18-25(21,22)23)20-8-6-19(3)7-9-20/h4-5,10,15,18H,6-9,11-12H2,1-3H3,(H,21,22,23). The number of likely N-dealkylation sites (N-methyl/N-ethyl adjacent to an activating group) is 1. The van der Waals surface area contributed by atoms with E-state index >= 15 is 0 Å². The van der Waals surface area contributed by atoms with Crippen LogP contribution in [0.2, 0.25) is 0 Å². The van der Waals surface area contributed by atoms with Gasteiger partial charge in [0.2, 0.25) is 0 Å². The third-order valence-electron chi connectivity index (χ3n) is 5.14. The first kappa shape index (κ1) is 18.6. The van der Waals surface area contributed by atoms with Gasteiger partial charge in [0.15, 0.2) is 0 Å². The minimum atomic E-state index is -4.22. The Labute approximate surface area is 149 Å². The predicted octanol–water partition coefficient (Wildman–Crippen LogP) is 1.04. The Balaban J connectivity index is 1.88. The average molecular weight is 369 g/mol. The van der Waals surface area contributed by atoms with E-state index in [-0.39, 0.29) is 18.0 Å². The number of rotatable bonds is 5. The number of ether oxygens (including phenoxy) is 1. The summed E-state index contributed by atoms with van der Waals surface area (Å²) in [5, 5.41) is 0. The smallest absolute Gasteiger partial charge is 0.333 e. The first-order chi connectivity index (χ1) is 11.7. The largest absolute Gasteiger partial charge is 0.492 e. The van der Waals surface area contributed by atoms with E-state index in [1.165, 1.54) is 0 Å². The van der Waals surface area contributed by atoms with Crippen molar-refractivity contribution in [2.45, 2.75) is 25.3 Å². The fraction of sp³-hybridized carbons (Fsp3) is 0.647. The van der Waals surface area contributed by atoms with Crippen LogP contribution in [0.3, 0.4) is 0 Å². The molecular weight excluding hydrogens is 342 g/mol. The van der Waals surface area contributed by atoms with Crippen LogP contribution in [0.25, 0.3) is 0 Å². The van der Waals surface area contributed by atoms with Crippen LogP contribution in [-0.4, -0.2) is 69.1 Å². The van der Waals surface area contributed by atoms with Gasteiger partial charge in [-0.05, 0) is 24.7 Å². The van der Waals surface area contributed by atoms with Crippen molar-refractivity contribution in [1.29, 1.82) is 0 Å². The fourth-order valence-electron chi connectivity index (χ4n) is 3.52. The molecule has 2 heterocycles. The van der Waals surface area contributed by atoms with Crippen molar-refractivity contribution < 1.29 is 17.7 Å². The van der Waals surface area contributed by atoms with Gasteiger partial charge in [-0.25, -0.2) is 0 Å². The second kappa shape index (κ2) is 6.85. The first-order valence-electron chi connectivity index (χ1n) is 8.58. The molecular formula is C17H27N3O4S. The average Bonchev–Trinajstić information content (AvgIpc) is 2.83. The summed E-state index contributed by atoms with van der Waals surface area (Å²) in [5.41, 5.74) is 2.13. The van der Waals surface area contributed by atoms with E-state index < -0.39 is 10.3 Å². The molecule has 0 saturated carbocycles. The third-order valence-corrected chi connectivity index (χ3v) is 5.68. The van der Waals surface area contributed by atoms with Gasteiger partial charge in [-0.1, -0.05) is 19.9 Å². The zero-order valence-corrected chi connectivity index (χ0v) is 15.8. The molecule has 140 valence electrons. The maximum Gasteiger partial charge on any atom is 0.333 e. The Morgan fingerprint density at radius 3 is 2.60 bits per heavy atom. The van der Waals surface area contributed by atoms with Crippen LogP contribution in [0.4, 0.5) is 0 Å². The second-order valence-electron chi connectivity index (χ2n) is 7.61. The molecule has 25 heavy (non-hydrogen) atoms. The number of fused-ring (bicyclic) bond motifs is 1. The molecule has 2 N–H and O–H groups in total. The summed E-state index contributed by atoms with van der Waals surface area (Å²) in [7, 11) is -2.14. The van der Waals surface area contributed by atoms with Crippen molar-refractivity contribution in [2.75, 3.05) is 46.4 Å². The van der Waals surface area contributed by atoms with Gasteiger partial charge in [-0.3, -0.25) is 9.45 Å². The number of benzene rings is 1. The van der Waals surface area contributed by atoms with Crippen LogP contribution < -0.4 is 9.46 Å². The van der Waals surface area contributed by atoms with Crippen LogP contribution in [0.15, 0.2) is 18.2 Å². The molecule has 8 heteroatoms. The maximum absolute atomic E-state index is 11.2. The molecule has 0 spiro atoms. The number of nitrogens with zero attached hydrogens (tertiary/aromatic N) is 2. The highest BCUT2D eigenvalue weighted by Crippen LogP contribution is 2.40. The number of piperazine rings is 1. The molecule has 0 bridgehead atoms. The highest BCUT2D eigenvalue weighted by molar-refractivity contribution is 7.83. The van der Waals surface area contributed by atoms with Crippen LogP contribution in [0.1, 0.15) is 31.0 Å². The summed E-state index contributed by atoms with van der Waals surface area (Å²) in [6.07, 6.45) is 0. The van der Waals surface area contributed by atoms with Gasteiger partial charge in [0.1, 0.15) is 5.75 Å².